The summed E-state index contributed by atoms with van der Waals surface area (Å²) in [7, 11) is 0. The first kappa shape index (κ1) is 21.9. The standard InChI is InChI=1S/C24H30P2S2/c1-3-5-13-23-19-26(28,22-17-11-8-12-18-22)24(14-6-4-2)20-25(23,27)21-15-9-7-10-16-21/h7-12,15-20H,3-6,13-14H2,1-2H3. The lowest BCUT2D eigenvalue weighted by Crippen LogP contribution is -2.12. The second kappa shape index (κ2) is 9.82. The van der Waals surface area contributed by atoms with E-state index in [0.717, 1.165) is 12.8 Å². The van der Waals surface area contributed by atoms with Crippen LogP contribution in [0.3, 0.4) is 0 Å². The van der Waals surface area contributed by atoms with Gasteiger partial charge < -0.3 is 0 Å². The van der Waals surface area contributed by atoms with E-state index in [0.29, 0.717) is 0 Å². The lowest BCUT2D eigenvalue weighted by atomic mass is 10.2. The van der Waals surface area contributed by atoms with E-state index in [-0.39, 0.29) is 0 Å². The minimum absolute atomic E-state index is 1.07. The molecule has 1 heterocycles. The molecule has 1 aliphatic heterocycles. The summed E-state index contributed by atoms with van der Waals surface area (Å²) in [5.41, 5.74) is 0. The first-order valence-corrected chi connectivity index (χ1v) is 16.0. The molecule has 1 aliphatic rings. The Hall–Kier alpha value is -0.780. The third kappa shape index (κ3) is 4.52. The molecule has 2 unspecified atom stereocenters. The van der Waals surface area contributed by atoms with Crippen molar-refractivity contribution in [3.8, 4) is 0 Å². The van der Waals surface area contributed by atoms with E-state index in [1.54, 1.807) is 0 Å². The average Bonchev–Trinajstić information content (AvgIpc) is 2.74. The van der Waals surface area contributed by atoms with Gasteiger partial charge in [0.15, 0.2) is 0 Å². The molecule has 0 aliphatic carbocycles. The van der Waals surface area contributed by atoms with Crippen molar-refractivity contribution in [3.63, 3.8) is 0 Å². The normalized spacial score (nSPS) is 24.5. The molecule has 0 spiro atoms. The third-order valence-corrected chi connectivity index (χ3v) is 15.0. The lowest BCUT2D eigenvalue weighted by molar-refractivity contribution is 0.804. The second-order valence-electron chi connectivity index (χ2n) is 7.44. The van der Waals surface area contributed by atoms with Gasteiger partial charge in [0, 0.05) is 12.1 Å². The Labute approximate surface area is 181 Å². The van der Waals surface area contributed by atoms with E-state index in [2.05, 4.69) is 86.1 Å². The minimum Gasteiger partial charge on any atom is -0.0835 e. The molecule has 0 N–H and O–H groups in total. The highest BCUT2D eigenvalue weighted by Gasteiger charge is 2.34. The van der Waals surface area contributed by atoms with Gasteiger partial charge in [-0.25, -0.2) is 0 Å². The van der Waals surface area contributed by atoms with Crippen molar-refractivity contribution < 1.29 is 0 Å². The molecule has 3 rings (SSSR count). The molecule has 0 amide bonds. The Morgan fingerprint density at radius 2 is 0.964 bits per heavy atom. The first-order valence-electron chi connectivity index (χ1n) is 10.3. The fourth-order valence-electron chi connectivity index (χ4n) is 3.71. The predicted octanol–water partition coefficient (Wildman–Crippen LogP) is 7.67. The van der Waals surface area contributed by atoms with Crippen LogP contribution in [0.25, 0.3) is 0 Å². The Morgan fingerprint density at radius 3 is 1.29 bits per heavy atom. The maximum atomic E-state index is 6.47. The molecule has 0 fully saturated rings. The zero-order chi connectivity index (χ0) is 20.0. The maximum Gasteiger partial charge on any atom is 0.0276 e. The van der Waals surface area contributed by atoms with Crippen molar-refractivity contribution in [1.29, 1.82) is 0 Å². The molecule has 0 saturated carbocycles. The smallest absolute Gasteiger partial charge is 0.0276 e. The maximum absolute atomic E-state index is 6.47. The Bertz CT molecular complexity index is 864. The molecular formula is C24H30P2S2. The summed E-state index contributed by atoms with van der Waals surface area (Å²) in [6.07, 6.45) is 6.87. The van der Waals surface area contributed by atoms with Crippen LogP contribution in [0.2, 0.25) is 0 Å². The van der Waals surface area contributed by atoms with Crippen LogP contribution in [0.15, 0.2) is 82.9 Å². The van der Waals surface area contributed by atoms with E-state index in [9.17, 15) is 0 Å². The third-order valence-electron chi connectivity index (χ3n) is 5.37. The van der Waals surface area contributed by atoms with Gasteiger partial charge in [-0.15, -0.1) is 0 Å². The molecule has 0 aromatic heterocycles. The van der Waals surface area contributed by atoms with Crippen LogP contribution in [0.4, 0.5) is 0 Å². The minimum atomic E-state index is -1.91. The van der Waals surface area contributed by atoms with Gasteiger partial charge in [0.1, 0.15) is 0 Å². The Morgan fingerprint density at radius 1 is 0.607 bits per heavy atom. The van der Waals surface area contributed by atoms with Crippen molar-refractivity contribution in [2.24, 2.45) is 0 Å². The fourth-order valence-corrected chi connectivity index (χ4v) is 14.1. The van der Waals surface area contributed by atoms with E-state index in [1.807, 2.05) is 0 Å². The number of hydrogen-bond donors (Lipinski definition) is 0. The highest BCUT2D eigenvalue weighted by atomic mass is 32.4. The summed E-state index contributed by atoms with van der Waals surface area (Å²) in [6, 6.07) is 17.8. The van der Waals surface area contributed by atoms with Gasteiger partial charge in [-0.1, -0.05) is 111 Å². The van der Waals surface area contributed by atoms with Gasteiger partial charge in [0.05, 0.1) is 0 Å². The zero-order valence-electron chi connectivity index (χ0n) is 16.9. The molecule has 0 radical (unpaired) electrons. The summed E-state index contributed by atoms with van der Waals surface area (Å²) in [5, 5.41) is 5.53. The number of unbranched alkanes of at least 4 members (excludes halogenated alkanes) is 2. The molecule has 2 atom stereocenters. The molecule has 148 valence electrons. The van der Waals surface area contributed by atoms with Crippen molar-refractivity contribution in [2.75, 3.05) is 0 Å². The number of rotatable bonds is 8. The van der Waals surface area contributed by atoms with Gasteiger partial charge in [-0.05, 0) is 58.6 Å². The highest BCUT2D eigenvalue weighted by Crippen LogP contribution is 2.71. The Balaban J connectivity index is 2.19. The molecule has 4 heteroatoms. The summed E-state index contributed by atoms with van der Waals surface area (Å²) < 4.78 is 0. The van der Waals surface area contributed by atoms with Crippen LogP contribution >= 0.6 is 12.1 Å². The van der Waals surface area contributed by atoms with Crippen LogP contribution in [0.1, 0.15) is 52.4 Å². The van der Waals surface area contributed by atoms with Gasteiger partial charge >= 0.3 is 0 Å². The van der Waals surface area contributed by atoms with Gasteiger partial charge in [-0.3, -0.25) is 0 Å². The summed E-state index contributed by atoms with van der Waals surface area (Å²) in [4.78, 5) is 0. The lowest BCUT2D eigenvalue weighted by Gasteiger charge is -2.35. The largest absolute Gasteiger partial charge is 0.0835 e. The van der Waals surface area contributed by atoms with Crippen molar-refractivity contribution in [3.05, 3.63) is 82.9 Å². The van der Waals surface area contributed by atoms with Crippen molar-refractivity contribution in [2.45, 2.75) is 52.4 Å². The van der Waals surface area contributed by atoms with E-state index in [4.69, 9.17) is 23.6 Å². The average molecular weight is 445 g/mol. The number of benzene rings is 2. The highest BCUT2D eigenvalue weighted by molar-refractivity contribution is 8.25. The van der Waals surface area contributed by atoms with E-state index >= 15 is 0 Å². The van der Waals surface area contributed by atoms with Crippen LogP contribution in [-0.2, 0) is 23.6 Å². The van der Waals surface area contributed by atoms with Crippen molar-refractivity contribution >= 4 is 46.3 Å². The summed E-state index contributed by atoms with van der Waals surface area (Å²) in [6.45, 7) is 4.51. The zero-order valence-corrected chi connectivity index (χ0v) is 20.3. The monoisotopic (exact) mass is 444 g/mol. The van der Waals surface area contributed by atoms with Crippen LogP contribution in [0, 0.1) is 0 Å². The van der Waals surface area contributed by atoms with Crippen molar-refractivity contribution in [1.82, 2.24) is 0 Å². The summed E-state index contributed by atoms with van der Waals surface area (Å²) in [5.74, 6) is 4.98. The molecule has 28 heavy (non-hydrogen) atoms. The first-order chi connectivity index (χ1) is 13.5. The quantitative estimate of drug-likeness (QED) is 0.383. The molecule has 0 bridgehead atoms. The molecule has 2 aromatic rings. The van der Waals surface area contributed by atoms with Crippen LogP contribution in [-0.4, -0.2) is 0 Å². The topological polar surface area (TPSA) is 0 Å². The van der Waals surface area contributed by atoms with Crippen LogP contribution < -0.4 is 10.6 Å². The number of hydrogen-bond acceptors (Lipinski definition) is 2. The van der Waals surface area contributed by atoms with E-state index in [1.165, 1.54) is 46.9 Å². The van der Waals surface area contributed by atoms with Crippen LogP contribution in [0.5, 0.6) is 0 Å². The molecular weight excluding hydrogens is 414 g/mol. The van der Waals surface area contributed by atoms with E-state index < -0.39 is 12.1 Å². The predicted molar refractivity (Wildman–Crippen MR) is 136 cm³/mol. The summed E-state index contributed by atoms with van der Waals surface area (Å²) >= 11 is 12.9. The van der Waals surface area contributed by atoms with Gasteiger partial charge in [-0.2, -0.15) is 0 Å². The molecule has 0 nitrogen and oxygen atoms in total. The SMILES string of the molecule is CCCCC1=CP(=S)(c2ccccc2)C(CCCC)=CP1(=S)c1ccccc1. The molecule has 0 saturated heterocycles. The van der Waals surface area contributed by atoms with Gasteiger partial charge in [0.2, 0.25) is 0 Å². The number of allylic oxidation sites excluding steroid dienone is 2. The fraction of sp³-hybridized carbons (Fsp3) is 0.333. The Kier molecular flexibility index (Phi) is 7.68. The second-order valence-corrected chi connectivity index (χ2v) is 16.2. The molecule has 2 aromatic carbocycles. The van der Waals surface area contributed by atoms with Gasteiger partial charge in [0.25, 0.3) is 0 Å².